The largest absolute Gasteiger partial charge is 0.481 e. The molecular formula is C13H25NO5. The average Bonchev–Trinajstić information content (AvgIpc) is 2.34. The number of carboxylic acid groups (broad SMARTS) is 1. The molecule has 0 aliphatic carbocycles. The van der Waals surface area contributed by atoms with E-state index in [2.05, 4.69) is 0 Å². The number of hydrogen-bond donors (Lipinski definition) is 1. The minimum absolute atomic E-state index is 0.0417. The number of hydrogen-bond acceptors (Lipinski definition) is 4. The van der Waals surface area contributed by atoms with E-state index >= 15 is 0 Å². The van der Waals surface area contributed by atoms with Crippen molar-refractivity contribution in [1.29, 1.82) is 0 Å². The van der Waals surface area contributed by atoms with Gasteiger partial charge in [0.05, 0.1) is 12.1 Å². The van der Waals surface area contributed by atoms with Gasteiger partial charge in [-0.25, -0.2) is 0 Å². The summed E-state index contributed by atoms with van der Waals surface area (Å²) in [6, 6.07) is 0. The standard InChI is InChI=1S/C5H7NO2.C5H12O.C3H6O2/c7-4-3-6-2-1-5(6)8;1-5(2,3)6-4;1-2-3(4)5/h4H,1-3H2;1-4H3;2H2,1H3,(H,4,5). The molecule has 19 heavy (non-hydrogen) atoms. The molecule has 1 fully saturated rings. The van der Waals surface area contributed by atoms with Gasteiger partial charge < -0.3 is 19.5 Å². The van der Waals surface area contributed by atoms with Crippen molar-refractivity contribution < 1.29 is 24.2 Å². The van der Waals surface area contributed by atoms with Crippen molar-refractivity contribution in [3.05, 3.63) is 0 Å². The van der Waals surface area contributed by atoms with Crippen molar-refractivity contribution in [3.63, 3.8) is 0 Å². The molecule has 6 nitrogen and oxygen atoms in total. The molecule has 6 heteroatoms. The molecule has 0 aromatic rings. The fraction of sp³-hybridized carbons (Fsp3) is 0.769. The van der Waals surface area contributed by atoms with E-state index in [1.807, 2.05) is 20.8 Å². The Morgan fingerprint density at radius 1 is 1.47 bits per heavy atom. The van der Waals surface area contributed by atoms with Crippen LogP contribution < -0.4 is 0 Å². The van der Waals surface area contributed by atoms with Crippen LogP contribution >= 0.6 is 0 Å². The number of carbonyl (C=O) groups excluding carboxylic acids is 2. The normalized spacial score (nSPS) is 13.3. The van der Waals surface area contributed by atoms with E-state index in [0.717, 1.165) is 12.8 Å². The van der Waals surface area contributed by atoms with Crippen molar-refractivity contribution in [3.8, 4) is 0 Å². The maximum atomic E-state index is 10.4. The lowest BCUT2D eigenvalue weighted by Crippen LogP contribution is -2.44. The van der Waals surface area contributed by atoms with E-state index in [4.69, 9.17) is 9.84 Å². The molecular weight excluding hydrogens is 250 g/mol. The Labute approximate surface area is 114 Å². The zero-order chi connectivity index (χ0) is 15.5. The minimum atomic E-state index is -0.745. The van der Waals surface area contributed by atoms with Crippen LogP contribution in [0.15, 0.2) is 0 Å². The third-order valence-electron chi connectivity index (χ3n) is 2.16. The molecule has 112 valence electrons. The predicted octanol–water partition coefficient (Wildman–Crippen LogP) is 1.33. The van der Waals surface area contributed by atoms with Crippen molar-refractivity contribution in [2.75, 3.05) is 20.2 Å². The van der Waals surface area contributed by atoms with Crippen LogP contribution in [0, 0.1) is 0 Å². The Hall–Kier alpha value is -1.43. The summed E-state index contributed by atoms with van der Waals surface area (Å²) in [6.45, 7) is 8.70. The summed E-state index contributed by atoms with van der Waals surface area (Å²) < 4.78 is 4.94. The van der Waals surface area contributed by atoms with Crippen LogP contribution in [0.1, 0.15) is 40.5 Å². The molecule has 0 aromatic heterocycles. The molecule has 1 saturated heterocycles. The molecule has 0 aromatic carbocycles. The van der Waals surface area contributed by atoms with Gasteiger partial charge >= 0.3 is 5.97 Å². The number of carboxylic acids is 1. The van der Waals surface area contributed by atoms with Gasteiger partial charge in [0.25, 0.3) is 0 Å². The van der Waals surface area contributed by atoms with Crippen LogP contribution in [-0.2, 0) is 19.1 Å². The summed E-state index contributed by atoms with van der Waals surface area (Å²) in [5.41, 5.74) is 0.0417. The average molecular weight is 275 g/mol. The van der Waals surface area contributed by atoms with Crippen LogP contribution in [0.5, 0.6) is 0 Å². The van der Waals surface area contributed by atoms with E-state index in [0.29, 0.717) is 6.42 Å². The lowest BCUT2D eigenvalue weighted by molar-refractivity contribution is -0.141. The number of carbonyl (C=O) groups is 3. The van der Waals surface area contributed by atoms with Crippen molar-refractivity contribution in [2.24, 2.45) is 0 Å². The van der Waals surface area contributed by atoms with Crippen LogP contribution in [-0.4, -0.2) is 54.0 Å². The van der Waals surface area contributed by atoms with E-state index in [9.17, 15) is 14.4 Å². The summed E-state index contributed by atoms with van der Waals surface area (Å²) in [7, 11) is 1.71. The first-order valence-electron chi connectivity index (χ1n) is 6.16. The topological polar surface area (TPSA) is 83.9 Å². The first-order chi connectivity index (χ1) is 8.67. The molecule has 1 N–H and O–H groups in total. The molecule has 1 rings (SSSR count). The number of aldehydes is 1. The van der Waals surface area contributed by atoms with E-state index in [1.165, 1.54) is 4.90 Å². The van der Waals surface area contributed by atoms with Gasteiger partial charge in [-0.3, -0.25) is 9.59 Å². The van der Waals surface area contributed by atoms with Gasteiger partial charge in [-0.05, 0) is 20.8 Å². The summed E-state index contributed by atoms with van der Waals surface area (Å²) >= 11 is 0. The number of aliphatic carboxylic acids is 1. The smallest absolute Gasteiger partial charge is 0.303 e. The summed E-state index contributed by atoms with van der Waals surface area (Å²) in [6.07, 6.45) is 1.59. The first kappa shape index (κ1) is 19.9. The molecule has 1 aliphatic rings. The van der Waals surface area contributed by atoms with Gasteiger partial charge in [0.2, 0.25) is 5.91 Å². The second kappa shape index (κ2) is 10.5. The SMILES string of the molecule is CCC(=O)O.COC(C)(C)C.O=CCN1CCC1=O. The molecule has 0 radical (unpaired) electrons. The molecule has 0 bridgehead atoms. The van der Waals surface area contributed by atoms with Gasteiger partial charge in [-0.2, -0.15) is 0 Å². The fourth-order valence-electron chi connectivity index (χ4n) is 0.644. The van der Waals surface area contributed by atoms with Crippen molar-refractivity contribution in [2.45, 2.75) is 46.1 Å². The van der Waals surface area contributed by atoms with E-state index in [-0.39, 0.29) is 24.5 Å². The van der Waals surface area contributed by atoms with E-state index in [1.54, 1.807) is 14.0 Å². The Bertz CT molecular complexity index is 283. The number of amides is 1. The second-order valence-electron chi connectivity index (χ2n) is 4.82. The highest BCUT2D eigenvalue weighted by Crippen LogP contribution is 2.05. The van der Waals surface area contributed by atoms with Gasteiger partial charge in [0, 0.05) is 26.5 Å². The molecule has 1 heterocycles. The van der Waals surface area contributed by atoms with Crippen LogP contribution in [0.25, 0.3) is 0 Å². The number of methoxy groups -OCH3 is 1. The number of ether oxygens (including phenoxy) is 1. The maximum absolute atomic E-state index is 10.4. The molecule has 0 unspecified atom stereocenters. The van der Waals surface area contributed by atoms with Crippen LogP contribution in [0.2, 0.25) is 0 Å². The zero-order valence-electron chi connectivity index (χ0n) is 12.4. The van der Waals surface area contributed by atoms with Crippen LogP contribution in [0.4, 0.5) is 0 Å². The second-order valence-corrected chi connectivity index (χ2v) is 4.82. The Balaban J connectivity index is 0. The Morgan fingerprint density at radius 2 is 1.89 bits per heavy atom. The Morgan fingerprint density at radius 3 is 1.95 bits per heavy atom. The molecule has 0 saturated carbocycles. The van der Waals surface area contributed by atoms with Gasteiger partial charge in [-0.15, -0.1) is 0 Å². The lowest BCUT2D eigenvalue weighted by atomic mass is 10.2. The molecule has 0 spiro atoms. The van der Waals surface area contributed by atoms with Gasteiger partial charge in [0.15, 0.2) is 0 Å². The molecule has 1 aliphatic heterocycles. The summed E-state index contributed by atoms with van der Waals surface area (Å²) in [5, 5.41) is 7.72. The third kappa shape index (κ3) is 14.5. The van der Waals surface area contributed by atoms with E-state index < -0.39 is 5.97 Å². The van der Waals surface area contributed by atoms with Gasteiger partial charge in [-0.1, -0.05) is 6.92 Å². The van der Waals surface area contributed by atoms with Crippen LogP contribution in [0.3, 0.4) is 0 Å². The molecule has 1 amide bonds. The fourth-order valence-corrected chi connectivity index (χ4v) is 0.644. The third-order valence-corrected chi connectivity index (χ3v) is 2.16. The summed E-state index contributed by atoms with van der Waals surface area (Å²) in [4.78, 5) is 31.0. The number of likely N-dealkylation sites (tertiary alicyclic amines) is 1. The molecule has 0 atom stereocenters. The monoisotopic (exact) mass is 275 g/mol. The maximum Gasteiger partial charge on any atom is 0.303 e. The number of β-lactam (4-membered cyclic amide) rings is 1. The number of rotatable bonds is 3. The highest BCUT2D eigenvalue weighted by atomic mass is 16.5. The minimum Gasteiger partial charge on any atom is -0.481 e. The van der Waals surface area contributed by atoms with Crippen molar-refractivity contribution in [1.82, 2.24) is 4.90 Å². The van der Waals surface area contributed by atoms with Crippen molar-refractivity contribution >= 4 is 18.2 Å². The number of nitrogens with zero attached hydrogens (tertiary/aromatic N) is 1. The van der Waals surface area contributed by atoms with Gasteiger partial charge in [0.1, 0.15) is 6.29 Å². The lowest BCUT2D eigenvalue weighted by Gasteiger charge is -2.28. The highest BCUT2D eigenvalue weighted by molar-refractivity contribution is 5.83. The zero-order valence-corrected chi connectivity index (χ0v) is 12.4. The first-order valence-corrected chi connectivity index (χ1v) is 6.16. The Kier molecular flexibility index (Phi) is 11.0. The summed E-state index contributed by atoms with van der Waals surface area (Å²) in [5.74, 6) is -0.651. The quantitative estimate of drug-likeness (QED) is 0.620. The highest BCUT2D eigenvalue weighted by Gasteiger charge is 2.21. The predicted molar refractivity (Wildman–Crippen MR) is 71.9 cm³/mol.